The second-order valence-electron chi connectivity index (χ2n) is 3.92. The van der Waals surface area contributed by atoms with E-state index in [1.807, 2.05) is 0 Å². The van der Waals surface area contributed by atoms with Crippen LogP contribution < -0.4 is 5.73 Å². The number of nitrogens with zero attached hydrogens (tertiary/aromatic N) is 1. The number of nitrogens with two attached hydrogens (primary N) is 1. The number of carbonyl (C=O) groups is 1. The van der Waals surface area contributed by atoms with Crippen LogP contribution >= 0.6 is 0 Å². The van der Waals surface area contributed by atoms with Gasteiger partial charge in [-0.15, -0.1) is 0 Å². The molecule has 1 fully saturated rings. The van der Waals surface area contributed by atoms with Crippen LogP contribution in [0.5, 0.6) is 0 Å². The Morgan fingerprint density at radius 2 is 2.25 bits per heavy atom. The maximum absolute atomic E-state index is 11.5. The average Bonchev–Trinajstić information content (AvgIpc) is 2.32. The summed E-state index contributed by atoms with van der Waals surface area (Å²) >= 11 is 0. The summed E-state index contributed by atoms with van der Waals surface area (Å²) in [5.74, 6) is -0.0842. The first-order valence-corrected chi connectivity index (χ1v) is 4.17. The Hall–Kier alpha value is -0.610. The van der Waals surface area contributed by atoms with Gasteiger partial charge in [0.1, 0.15) is 0 Å². The van der Waals surface area contributed by atoms with Crippen LogP contribution in [0.25, 0.3) is 0 Å². The SMILES string of the molecule is CC(C)(N)C(=O)N1CC[C@H](O)C1. The van der Waals surface area contributed by atoms with Crippen molar-refractivity contribution in [1.82, 2.24) is 4.90 Å². The van der Waals surface area contributed by atoms with Gasteiger partial charge in [0.25, 0.3) is 0 Å². The van der Waals surface area contributed by atoms with Crippen LogP contribution in [0.4, 0.5) is 0 Å². The Balaban J connectivity index is 2.55. The summed E-state index contributed by atoms with van der Waals surface area (Å²) in [5.41, 5.74) is 4.82. The number of β-amino-alcohol motifs (C(OH)–C–C–N with tert-alkyl or cyclic N) is 1. The predicted molar refractivity (Wildman–Crippen MR) is 45.5 cm³/mol. The molecule has 1 amide bonds. The lowest BCUT2D eigenvalue weighted by Gasteiger charge is -2.25. The molecule has 0 unspecified atom stereocenters. The third kappa shape index (κ3) is 1.95. The fourth-order valence-corrected chi connectivity index (χ4v) is 1.33. The highest BCUT2D eigenvalue weighted by atomic mass is 16.3. The topological polar surface area (TPSA) is 66.6 Å². The molecule has 3 N–H and O–H groups in total. The first-order valence-electron chi connectivity index (χ1n) is 4.17. The van der Waals surface area contributed by atoms with E-state index in [1.165, 1.54) is 0 Å². The van der Waals surface area contributed by atoms with Crippen LogP contribution in [0, 0.1) is 0 Å². The number of hydrogen-bond donors (Lipinski definition) is 2. The molecule has 1 aliphatic rings. The molecule has 0 aromatic rings. The summed E-state index contributed by atoms with van der Waals surface area (Å²) in [5, 5.41) is 9.18. The predicted octanol–water partition coefficient (Wildman–Crippen LogP) is -0.683. The summed E-state index contributed by atoms with van der Waals surface area (Å²) in [6, 6.07) is 0. The number of hydrogen-bond acceptors (Lipinski definition) is 3. The van der Waals surface area contributed by atoms with E-state index in [0.29, 0.717) is 19.5 Å². The minimum absolute atomic E-state index is 0.0842. The van der Waals surface area contributed by atoms with Crippen LogP contribution in [0.2, 0.25) is 0 Å². The molecular formula is C8H16N2O2. The number of aliphatic hydroxyl groups excluding tert-OH is 1. The monoisotopic (exact) mass is 172 g/mol. The van der Waals surface area contributed by atoms with E-state index in [0.717, 1.165) is 0 Å². The van der Waals surface area contributed by atoms with Gasteiger partial charge in [0.2, 0.25) is 5.91 Å². The second-order valence-corrected chi connectivity index (χ2v) is 3.92. The lowest BCUT2D eigenvalue weighted by atomic mass is 10.1. The fourth-order valence-electron chi connectivity index (χ4n) is 1.33. The Kier molecular flexibility index (Phi) is 2.39. The highest BCUT2D eigenvalue weighted by Crippen LogP contribution is 2.13. The number of likely N-dealkylation sites (tertiary alicyclic amines) is 1. The molecule has 0 spiro atoms. The molecule has 1 saturated heterocycles. The molecule has 70 valence electrons. The molecule has 0 radical (unpaired) electrons. The van der Waals surface area contributed by atoms with Gasteiger partial charge in [0.15, 0.2) is 0 Å². The molecule has 0 aromatic heterocycles. The molecule has 4 heteroatoms. The van der Waals surface area contributed by atoms with Crippen LogP contribution in [0.3, 0.4) is 0 Å². The van der Waals surface area contributed by atoms with E-state index in [9.17, 15) is 9.90 Å². The second kappa shape index (κ2) is 3.03. The van der Waals surface area contributed by atoms with Crippen molar-refractivity contribution in [3.63, 3.8) is 0 Å². The summed E-state index contributed by atoms with van der Waals surface area (Å²) in [6.07, 6.45) is 0.304. The van der Waals surface area contributed by atoms with Gasteiger partial charge in [-0.1, -0.05) is 0 Å². The number of rotatable bonds is 1. The Labute approximate surface area is 72.3 Å². The zero-order chi connectivity index (χ0) is 9.35. The van der Waals surface area contributed by atoms with E-state index in [2.05, 4.69) is 0 Å². The minimum Gasteiger partial charge on any atom is -0.391 e. The van der Waals surface area contributed by atoms with E-state index in [-0.39, 0.29) is 12.0 Å². The molecule has 0 aromatic carbocycles. The van der Waals surface area contributed by atoms with Gasteiger partial charge >= 0.3 is 0 Å². The van der Waals surface area contributed by atoms with Gasteiger partial charge in [-0.2, -0.15) is 0 Å². The van der Waals surface area contributed by atoms with E-state index in [4.69, 9.17) is 5.73 Å². The summed E-state index contributed by atoms with van der Waals surface area (Å²) < 4.78 is 0. The molecule has 1 atom stereocenters. The fraction of sp³-hybridized carbons (Fsp3) is 0.875. The van der Waals surface area contributed by atoms with Crippen LogP contribution in [0.15, 0.2) is 0 Å². The summed E-state index contributed by atoms with van der Waals surface area (Å²) in [7, 11) is 0. The van der Waals surface area contributed by atoms with Crippen molar-refractivity contribution < 1.29 is 9.90 Å². The number of aliphatic hydroxyl groups is 1. The third-order valence-electron chi connectivity index (χ3n) is 2.00. The summed E-state index contributed by atoms with van der Waals surface area (Å²) in [4.78, 5) is 13.1. The van der Waals surface area contributed by atoms with Crippen LogP contribution in [0.1, 0.15) is 20.3 Å². The number of carbonyl (C=O) groups excluding carboxylic acids is 1. The van der Waals surface area contributed by atoms with Crippen molar-refractivity contribution in [2.75, 3.05) is 13.1 Å². The first kappa shape index (κ1) is 9.48. The zero-order valence-corrected chi connectivity index (χ0v) is 7.58. The molecule has 1 heterocycles. The minimum atomic E-state index is -0.815. The molecule has 1 aliphatic heterocycles. The van der Waals surface area contributed by atoms with Crippen LogP contribution in [-0.4, -0.2) is 40.6 Å². The lowest BCUT2D eigenvalue weighted by molar-refractivity contribution is -0.135. The Morgan fingerprint density at radius 1 is 1.67 bits per heavy atom. The largest absolute Gasteiger partial charge is 0.391 e. The van der Waals surface area contributed by atoms with Gasteiger partial charge in [0.05, 0.1) is 11.6 Å². The molecule has 1 rings (SSSR count). The number of amides is 1. The van der Waals surface area contributed by atoms with Gasteiger partial charge in [-0.05, 0) is 20.3 Å². The maximum Gasteiger partial charge on any atom is 0.242 e. The van der Waals surface area contributed by atoms with Crippen molar-refractivity contribution in [1.29, 1.82) is 0 Å². The van der Waals surface area contributed by atoms with Crippen molar-refractivity contribution in [3.05, 3.63) is 0 Å². The highest BCUT2D eigenvalue weighted by molar-refractivity contribution is 5.85. The maximum atomic E-state index is 11.5. The third-order valence-corrected chi connectivity index (χ3v) is 2.00. The lowest BCUT2D eigenvalue weighted by Crippen LogP contribution is -2.50. The molecule has 0 aliphatic carbocycles. The molecule has 12 heavy (non-hydrogen) atoms. The molecule has 4 nitrogen and oxygen atoms in total. The quantitative estimate of drug-likeness (QED) is 0.550. The van der Waals surface area contributed by atoms with Crippen molar-refractivity contribution >= 4 is 5.91 Å². The van der Waals surface area contributed by atoms with Gasteiger partial charge in [-0.3, -0.25) is 4.79 Å². The normalized spacial score (nSPS) is 24.7. The van der Waals surface area contributed by atoms with Crippen molar-refractivity contribution in [2.45, 2.75) is 31.9 Å². The first-order chi connectivity index (χ1) is 5.41. The van der Waals surface area contributed by atoms with Gasteiger partial charge < -0.3 is 15.7 Å². The molecule has 0 bridgehead atoms. The average molecular weight is 172 g/mol. The Bertz CT molecular complexity index is 186. The van der Waals surface area contributed by atoms with E-state index < -0.39 is 5.54 Å². The molecule has 0 saturated carbocycles. The van der Waals surface area contributed by atoms with Gasteiger partial charge in [-0.25, -0.2) is 0 Å². The Morgan fingerprint density at radius 3 is 2.58 bits per heavy atom. The van der Waals surface area contributed by atoms with E-state index >= 15 is 0 Å². The molecular weight excluding hydrogens is 156 g/mol. The van der Waals surface area contributed by atoms with Gasteiger partial charge in [0, 0.05) is 13.1 Å². The van der Waals surface area contributed by atoms with Crippen LogP contribution in [-0.2, 0) is 4.79 Å². The van der Waals surface area contributed by atoms with E-state index in [1.54, 1.807) is 18.7 Å². The van der Waals surface area contributed by atoms with Crippen molar-refractivity contribution in [2.24, 2.45) is 5.73 Å². The zero-order valence-electron chi connectivity index (χ0n) is 7.58. The summed E-state index contributed by atoms with van der Waals surface area (Å²) in [6.45, 7) is 4.42. The van der Waals surface area contributed by atoms with Crippen molar-refractivity contribution in [3.8, 4) is 0 Å². The highest BCUT2D eigenvalue weighted by Gasteiger charge is 2.32. The smallest absolute Gasteiger partial charge is 0.242 e. The standard InChI is InChI=1S/C8H16N2O2/c1-8(2,9)7(12)10-4-3-6(11)5-10/h6,11H,3-5,9H2,1-2H3/t6-/m0/s1.